The number of benzene rings is 1. The smallest absolute Gasteiger partial charge is 0.308 e. The zero-order valence-corrected chi connectivity index (χ0v) is 13.5. The Kier molecular flexibility index (Phi) is 4.59. The van der Waals surface area contributed by atoms with Crippen molar-refractivity contribution >= 4 is 11.9 Å². The normalized spacial score (nSPS) is 20.8. The van der Waals surface area contributed by atoms with Crippen LogP contribution in [0.4, 0.5) is 0 Å². The first-order chi connectivity index (χ1) is 11.6. The van der Waals surface area contributed by atoms with Crippen LogP contribution in [0, 0.1) is 5.92 Å². The molecule has 2 aromatic rings. The first-order valence-corrected chi connectivity index (χ1v) is 8.04. The van der Waals surface area contributed by atoms with Crippen molar-refractivity contribution < 1.29 is 14.7 Å². The molecule has 1 aromatic heterocycles. The molecule has 0 unspecified atom stereocenters. The molecule has 1 amide bonds. The molecule has 7 nitrogen and oxygen atoms in total. The van der Waals surface area contributed by atoms with Gasteiger partial charge in [0.15, 0.2) is 0 Å². The first-order valence-electron chi connectivity index (χ1n) is 8.04. The molecule has 24 heavy (non-hydrogen) atoms. The van der Waals surface area contributed by atoms with E-state index < -0.39 is 11.9 Å². The van der Waals surface area contributed by atoms with Crippen LogP contribution in [0.25, 0.3) is 11.3 Å². The second kappa shape index (κ2) is 6.82. The summed E-state index contributed by atoms with van der Waals surface area (Å²) in [5.41, 5.74) is 1.65. The number of piperidine rings is 1. The van der Waals surface area contributed by atoms with Gasteiger partial charge in [-0.05, 0) is 19.8 Å². The Morgan fingerprint density at radius 3 is 2.75 bits per heavy atom. The molecule has 1 aliphatic rings. The minimum absolute atomic E-state index is 0.0660. The van der Waals surface area contributed by atoms with Gasteiger partial charge in [0.05, 0.1) is 12.1 Å². The summed E-state index contributed by atoms with van der Waals surface area (Å²) in [6.45, 7) is 2.45. The molecule has 1 saturated heterocycles. The van der Waals surface area contributed by atoms with E-state index in [4.69, 9.17) is 0 Å². The van der Waals surface area contributed by atoms with Crippen LogP contribution < -0.4 is 0 Å². The molecule has 0 saturated carbocycles. The quantitative estimate of drug-likeness (QED) is 0.922. The zero-order chi connectivity index (χ0) is 17.1. The number of hydrogen-bond acceptors (Lipinski definition) is 4. The van der Waals surface area contributed by atoms with Gasteiger partial charge in [0, 0.05) is 18.2 Å². The fourth-order valence-corrected chi connectivity index (χ4v) is 3.17. The first kappa shape index (κ1) is 16.2. The third-order valence-electron chi connectivity index (χ3n) is 4.53. The molecule has 2 atom stereocenters. The summed E-state index contributed by atoms with van der Waals surface area (Å²) in [5, 5.41) is 17.4. The van der Waals surface area contributed by atoms with Gasteiger partial charge in [0.25, 0.3) is 0 Å². The van der Waals surface area contributed by atoms with E-state index in [1.165, 1.54) is 4.68 Å². The van der Waals surface area contributed by atoms with Crippen molar-refractivity contribution in [3.63, 3.8) is 0 Å². The molecule has 2 heterocycles. The Balaban J connectivity index is 1.69. The van der Waals surface area contributed by atoms with Crippen molar-refractivity contribution in [2.24, 2.45) is 5.92 Å². The number of carboxylic acid groups (broad SMARTS) is 1. The van der Waals surface area contributed by atoms with Gasteiger partial charge in [0.1, 0.15) is 12.2 Å². The van der Waals surface area contributed by atoms with Crippen LogP contribution in [-0.2, 0) is 16.1 Å². The van der Waals surface area contributed by atoms with Crippen molar-refractivity contribution in [2.45, 2.75) is 32.4 Å². The summed E-state index contributed by atoms with van der Waals surface area (Å²) in [6, 6.07) is 9.32. The van der Waals surface area contributed by atoms with E-state index in [2.05, 4.69) is 10.3 Å². The summed E-state index contributed by atoms with van der Waals surface area (Å²) < 4.78 is 1.50. The molecule has 1 fully saturated rings. The van der Waals surface area contributed by atoms with E-state index in [-0.39, 0.29) is 18.5 Å². The standard InChI is InChI=1S/C17H20N4O3/c1-12-14(17(23)24)8-5-9-21(12)16(22)11-20-10-15(18-19-20)13-6-3-2-4-7-13/h2-4,6-7,10,12,14H,5,8-9,11H2,1H3,(H,23,24)/t12-,14-/m1/s1. The summed E-state index contributed by atoms with van der Waals surface area (Å²) in [5.74, 6) is -1.47. The monoisotopic (exact) mass is 328 g/mol. The highest BCUT2D eigenvalue weighted by molar-refractivity contribution is 5.78. The lowest BCUT2D eigenvalue weighted by Crippen LogP contribution is -2.50. The van der Waals surface area contributed by atoms with Crippen molar-refractivity contribution in [3.8, 4) is 11.3 Å². The van der Waals surface area contributed by atoms with Gasteiger partial charge in [-0.3, -0.25) is 9.59 Å². The van der Waals surface area contributed by atoms with Gasteiger partial charge in [-0.15, -0.1) is 5.10 Å². The fraction of sp³-hybridized carbons (Fsp3) is 0.412. The third-order valence-corrected chi connectivity index (χ3v) is 4.53. The molecule has 1 aromatic carbocycles. The Labute approximate surface area is 139 Å². The number of aliphatic carboxylic acids is 1. The predicted octanol–water partition coefficient (Wildman–Crippen LogP) is 1.66. The number of carboxylic acids is 1. The predicted molar refractivity (Wildman–Crippen MR) is 87.0 cm³/mol. The molecule has 1 aliphatic heterocycles. The van der Waals surface area contributed by atoms with Crippen LogP contribution in [-0.4, -0.2) is 49.5 Å². The van der Waals surface area contributed by atoms with Crippen molar-refractivity contribution in [1.29, 1.82) is 0 Å². The number of likely N-dealkylation sites (tertiary alicyclic amines) is 1. The highest BCUT2D eigenvalue weighted by atomic mass is 16.4. The minimum atomic E-state index is -0.841. The van der Waals surface area contributed by atoms with E-state index >= 15 is 0 Å². The van der Waals surface area contributed by atoms with Crippen molar-refractivity contribution in [3.05, 3.63) is 36.5 Å². The van der Waals surface area contributed by atoms with E-state index in [1.807, 2.05) is 30.3 Å². The van der Waals surface area contributed by atoms with Gasteiger partial charge >= 0.3 is 5.97 Å². The molecule has 7 heteroatoms. The van der Waals surface area contributed by atoms with E-state index in [9.17, 15) is 14.7 Å². The van der Waals surface area contributed by atoms with Crippen LogP contribution >= 0.6 is 0 Å². The topological polar surface area (TPSA) is 88.3 Å². The SMILES string of the molecule is C[C@@H]1[C@H](C(=O)O)CCCN1C(=O)Cn1cc(-c2ccccc2)nn1. The second-order valence-electron chi connectivity index (χ2n) is 6.08. The van der Waals surface area contributed by atoms with Crippen LogP contribution in [0.1, 0.15) is 19.8 Å². The molecule has 3 rings (SSSR count). The number of amides is 1. The maximum absolute atomic E-state index is 12.5. The summed E-state index contributed by atoms with van der Waals surface area (Å²) in [4.78, 5) is 25.5. The maximum atomic E-state index is 12.5. The molecule has 0 spiro atoms. The lowest BCUT2D eigenvalue weighted by molar-refractivity contribution is -0.149. The highest BCUT2D eigenvalue weighted by Crippen LogP contribution is 2.24. The fourth-order valence-electron chi connectivity index (χ4n) is 3.17. The van der Waals surface area contributed by atoms with Crippen LogP contribution in [0.3, 0.4) is 0 Å². The summed E-state index contributed by atoms with van der Waals surface area (Å²) in [6.07, 6.45) is 3.05. The van der Waals surface area contributed by atoms with Crippen molar-refractivity contribution in [2.75, 3.05) is 6.54 Å². The maximum Gasteiger partial charge on any atom is 0.308 e. The zero-order valence-electron chi connectivity index (χ0n) is 13.5. The lowest BCUT2D eigenvalue weighted by atomic mass is 9.90. The Bertz CT molecular complexity index is 728. The van der Waals surface area contributed by atoms with Crippen LogP contribution in [0.15, 0.2) is 36.5 Å². The number of carbonyl (C=O) groups excluding carboxylic acids is 1. The molecule has 0 radical (unpaired) electrons. The number of hydrogen-bond donors (Lipinski definition) is 1. The molecular weight excluding hydrogens is 308 g/mol. The highest BCUT2D eigenvalue weighted by Gasteiger charge is 2.35. The molecule has 0 aliphatic carbocycles. The average Bonchev–Trinajstić information content (AvgIpc) is 3.04. The average molecular weight is 328 g/mol. The molecular formula is C17H20N4O3. The lowest BCUT2D eigenvalue weighted by Gasteiger charge is -2.37. The molecule has 126 valence electrons. The summed E-state index contributed by atoms with van der Waals surface area (Å²) in [7, 11) is 0. The van der Waals surface area contributed by atoms with Crippen LogP contribution in [0.2, 0.25) is 0 Å². The number of rotatable bonds is 4. The number of aromatic nitrogens is 3. The van der Waals surface area contributed by atoms with Gasteiger partial charge < -0.3 is 10.0 Å². The van der Waals surface area contributed by atoms with Gasteiger partial charge in [0.2, 0.25) is 5.91 Å². The second-order valence-corrected chi connectivity index (χ2v) is 6.08. The minimum Gasteiger partial charge on any atom is -0.481 e. The third kappa shape index (κ3) is 3.29. The molecule has 0 bridgehead atoms. The molecule has 1 N–H and O–H groups in total. The Morgan fingerprint density at radius 2 is 2.04 bits per heavy atom. The van der Waals surface area contributed by atoms with Gasteiger partial charge in [-0.2, -0.15) is 0 Å². The van der Waals surface area contributed by atoms with Gasteiger partial charge in [-0.25, -0.2) is 4.68 Å². The van der Waals surface area contributed by atoms with Gasteiger partial charge in [-0.1, -0.05) is 35.5 Å². The van der Waals surface area contributed by atoms with Crippen molar-refractivity contribution in [1.82, 2.24) is 19.9 Å². The largest absolute Gasteiger partial charge is 0.481 e. The Morgan fingerprint density at radius 1 is 1.29 bits per heavy atom. The van der Waals surface area contributed by atoms with E-state index in [1.54, 1.807) is 18.0 Å². The Hall–Kier alpha value is -2.70. The number of carbonyl (C=O) groups is 2. The van der Waals surface area contributed by atoms with E-state index in [0.29, 0.717) is 25.1 Å². The number of nitrogens with zero attached hydrogens (tertiary/aromatic N) is 4. The van der Waals surface area contributed by atoms with Crippen LogP contribution in [0.5, 0.6) is 0 Å². The summed E-state index contributed by atoms with van der Waals surface area (Å²) >= 11 is 0. The van der Waals surface area contributed by atoms with E-state index in [0.717, 1.165) is 5.56 Å².